The van der Waals surface area contributed by atoms with E-state index < -0.39 is 0 Å². The lowest BCUT2D eigenvalue weighted by atomic mass is 9.70. The van der Waals surface area contributed by atoms with Crippen molar-refractivity contribution in [1.82, 2.24) is 0 Å². The van der Waals surface area contributed by atoms with E-state index in [0.717, 1.165) is 17.9 Å². The fraction of sp³-hybridized carbons (Fsp3) is 0.500. The maximum atomic E-state index is 6.18. The van der Waals surface area contributed by atoms with Crippen molar-refractivity contribution >= 4 is 11.6 Å². The van der Waals surface area contributed by atoms with Crippen LogP contribution in [-0.4, -0.2) is 6.04 Å². The summed E-state index contributed by atoms with van der Waals surface area (Å²) in [7, 11) is 0. The van der Waals surface area contributed by atoms with Crippen molar-refractivity contribution in [3.05, 3.63) is 34.3 Å². The van der Waals surface area contributed by atoms with E-state index in [0.29, 0.717) is 0 Å². The van der Waals surface area contributed by atoms with Gasteiger partial charge in [0.1, 0.15) is 0 Å². The van der Waals surface area contributed by atoms with Crippen molar-refractivity contribution in [3.8, 4) is 0 Å². The first-order chi connectivity index (χ1) is 6.53. The van der Waals surface area contributed by atoms with Gasteiger partial charge in [-0.2, -0.15) is 0 Å². The molecule has 2 N–H and O–H groups in total. The molecule has 0 amide bonds. The molecular weight excluding hydrogens is 194 g/mol. The van der Waals surface area contributed by atoms with Crippen molar-refractivity contribution in [1.29, 1.82) is 0 Å². The van der Waals surface area contributed by atoms with Crippen molar-refractivity contribution in [2.75, 3.05) is 0 Å². The van der Waals surface area contributed by atoms with Gasteiger partial charge in [0.15, 0.2) is 0 Å². The average molecular weight is 210 g/mol. The zero-order valence-corrected chi connectivity index (χ0v) is 9.43. The van der Waals surface area contributed by atoms with E-state index in [4.69, 9.17) is 17.3 Å². The average Bonchev–Trinajstić information content (AvgIpc) is 2.13. The van der Waals surface area contributed by atoms with Gasteiger partial charge in [-0.15, -0.1) is 0 Å². The SMILES string of the molecule is CC1(C)c2cccc(Cl)c2CCC1N. The van der Waals surface area contributed by atoms with Gasteiger partial charge in [-0.3, -0.25) is 0 Å². The van der Waals surface area contributed by atoms with Crippen molar-refractivity contribution in [3.63, 3.8) is 0 Å². The highest BCUT2D eigenvalue weighted by Gasteiger charge is 2.34. The van der Waals surface area contributed by atoms with Crippen LogP contribution in [0.4, 0.5) is 0 Å². The molecule has 2 rings (SSSR count). The molecule has 1 nitrogen and oxygen atoms in total. The molecule has 1 unspecified atom stereocenters. The molecule has 0 bridgehead atoms. The van der Waals surface area contributed by atoms with E-state index in [1.807, 2.05) is 12.1 Å². The molecule has 0 fully saturated rings. The Morgan fingerprint density at radius 3 is 2.86 bits per heavy atom. The van der Waals surface area contributed by atoms with E-state index in [2.05, 4.69) is 19.9 Å². The molecule has 0 aromatic heterocycles. The lowest BCUT2D eigenvalue weighted by Gasteiger charge is -2.38. The molecule has 0 saturated carbocycles. The van der Waals surface area contributed by atoms with E-state index in [1.165, 1.54) is 11.1 Å². The van der Waals surface area contributed by atoms with Crippen LogP contribution in [0.5, 0.6) is 0 Å². The summed E-state index contributed by atoms with van der Waals surface area (Å²) in [6.07, 6.45) is 2.04. The molecule has 1 aromatic carbocycles. The smallest absolute Gasteiger partial charge is 0.0440 e. The van der Waals surface area contributed by atoms with E-state index in [9.17, 15) is 0 Å². The van der Waals surface area contributed by atoms with Gasteiger partial charge in [-0.1, -0.05) is 37.6 Å². The van der Waals surface area contributed by atoms with Gasteiger partial charge in [-0.25, -0.2) is 0 Å². The fourth-order valence-corrected chi connectivity index (χ4v) is 2.55. The minimum absolute atomic E-state index is 0.0541. The van der Waals surface area contributed by atoms with Crippen LogP contribution in [0.25, 0.3) is 0 Å². The van der Waals surface area contributed by atoms with Gasteiger partial charge in [0, 0.05) is 16.5 Å². The molecule has 0 aliphatic heterocycles. The third-order valence-electron chi connectivity index (χ3n) is 3.45. The Kier molecular flexibility index (Phi) is 2.32. The van der Waals surface area contributed by atoms with Crippen LogP contribution in [0.15, 0.2) is 18.2 Å². The van der Waals surface area contributed by atoms with E-state index in [1.54, 1.807) is 0 Å². The van der Waals surface area contributed by atoms with Crippen LogP contribution in [0.2, 0.25) is 5.02 Å². The molecular formula is C12H16ClN. The second kappa shape index (κ2) is 3.25. The molecule has 76 valence electrons. The lowest BCUT2D eigenvalue weighted by molar-refractivity contribution is 0.364. The fourth-order valence-electron chi connectivity index (χ4n) is 2.28. The van der Waals surface area contributed by atoms with Crippen LogP contribution in [-0.2, 0) is 11.8 Å². The number of benzene rings is 1. The highest BCUT2D eigenvalue weighted by molar-refractivity contribution is 6.31. The summed E-state index contributed by atoms with van der Waals surface area (Å²) in [6, 6.07) is 6.38. The maximum Gasteiger partial charge on any atom is 0.0440 e. The van der Waals surface area contributed by atoms with Crippen LogP contribution >= 0.6 is 11.6 Å². The summed E-state index contributed by atoms with van der Waals surface area (Å²) in [5.41, 5.74) is 8.80. The summed E-state index contributed by atoms with van der Waals surface area (Å²) in [4.78, 5) is 0. The number of halogens is 1. The molecule has 14 heavy (non-hydrogen) atoms. The third-order valence-corrected chi connectivity index (χ3v) is 3.80. The molecule has 1 aliphatic carbocycles. The Morgan fingerprint density at radius 1 is 1.43 bits per heavy atom. The van der Waals surface area contributed by atoms with Gasteiger partial charge in [0.25, 0.3) is 0 Å². The predicted octanol–water partition coefficient (Wildman–Crippen LogP) is 2.89. The molecule has 2 heteroatoms. The van der Waals surface area contributed by atoms with Crippen LogP contribution in [0.1, 0.15) is 31.4 Å². The Labute approximate surface area is 90.3 Å². The first-order valence-corrected chi connectivity index (χ1v) is 5.44. The molecule has 1 aromatic rings. The minimum atomic E-state index is 0.0541. The number of hydrogen-bond acceptors (Lipinski definition) is 1. The maximum absolute atomic E-state index is 6.18. The topological polar surface area (TPSA) is 26.0 Å². The quantitative estimate of drug-likeness (QED) is 0.699. The van der Waals surface area contributed by atoms with Crippen molar-refractivity contribution < 1.29 is 0 Å². The van der Waals surface area contributed by atoms with E-state index in [-0.39, 0.29) is 11.5 Å². The summed E-state index contributed by atoms with van der Waals surface area (Å²) < 4.78 is 0. The van der Waals surface area contributed by atoms with E-state index >= 15 is 0 Å². The zero-order chi connectivity index (χ0) is 10.3. The van der Waals surface area contributed by atoms with Gasteiger partial charge >= 0.3 is 0 Å². The summed E-state index contributed by atoms with van der Waals surface area (Å²) in [5.74, 6) is 0. The number of rotatable bonds is 0. The summed E-state index contributed by atoms with van der Waals surface area (Å²) in [6.45, 7) is 4.40. The molecule has 1 atom stereocenters. The largest absolute Gasteiger partial charge is 0.327 e. The molecule has 0 heterocycles. The summed E-state index contributed by atoms with van der Waals surface area (Å²) >= 11 is 6.18. The van der Waals surface area contributed by atoms with Crippen LogP contribution in [0, 0.1) is 0 Å². The van der Waals surface area contributed by atoms with Crippen LogP contribution < -0.4 is 5.73 Å². The van der Waals surface area contributed by atoms with Gasteiger partial charge in [-0.05, 0) is 30.0 Å². The monoisotopic (exact) mass is 209 g/mol. The first-order valence-electron chi connectivity index (χ1n) is 5.07. The van der Waals surface area contributed by atoms with Gasteiger partial charge < -0.3 is 5.73 Å². The highest BCUT2D eigenvalue weighted by Crippen LogP contribution is 2.38. The van der Waals surface area contributed by atoms with Crippen molar-refractivity contribution in [2.24, 2.45) is 5.73 Å². The molecule has 1 aliphatic rings. The summed E-state index contributed by atoms with van der Waals surface area (Å²) in [5, 5.41) is 0.891. The Balaban J connectivity index is 2.59. The third kappa shape index (κ3) is 1.35. The number of hydrogen-bond donors (Lipinski definition) is 1. The Hall–Kier alpha value is -0.530. The Morgan fingerprint density at radius 2 is 2.14 bits per heavy atom. The van der Waals surface area contributed by atoms with Gasteiger partial charge in [0.05, 0.1) is 0 Å². The lowest BCUT2D eigenvalue weighted by Crippen LogP contribution is -2.44. The highest BCUT2D eigenvalue weighted by atomic mass is 35.5. The number of fused-ring (bicyclic) bond motifs is 1. The molecule has 0 saturated heterocycles. The predicted molar refractivity (Wildman–Crippen MR) is 60.8 cm³/mol. The molecule has 0 radical (unpaired) electrons. The minimum Gasteiger partial charge on any atom is -0.327 e. The standard InChI is InChI=1S/C12H16ClN/c1-12(2)9-4-3-5-10(13)8(9)6-7-11(12)14/h3-5,11H,6-7,14H2,1-2H3. The molecule has 0 spiro atoms. The van der Waals surface area contributed by atoms with Crippen molar-refractivity contribution in [2.45, 2.75) is 38.1 Å². The van der Waals surface area contributed by atoms with Crippen LogP contribution in [0.3, 0.4) is 0 Å². The zero-order valence-electron chi connectivity index (χ0n) is 8.68. The first kappa shape index (κ1) is 10.0. The normalized spacial score (nSPS) is 24.4. The second-order valence-electron chi connectivity index (χ2n) is 4.63. The second-order valence-corrected chi connectivity index (χ2v) is 5.04. The Bertz CT molecular complexity index is 357. The number of nitrogens with two attached hydrogens (primary N) is 1. The van der Waals surface area contributed by atoms with Gasteiger partial charge in [0.2, 0.25) is 0 Å².